The molecule has 1 atom stereocenters. The molecule has 6 nitrogen and oxygen atoms in total. The molecule has 0 saturated heterocycles. The Balaban J connectivity index is 2.68. The summed E-state index contributed by atoms with van der Waals surface area (Å²) < 4.78 is 0.796. The minimum Gasteiger partial charge on any atom is -0.481 e. The maximum Gasteiger partial charge on any atom is 0.326 e. The maximum absolute atomic E-state index is 11.8. The second-order valence-electron chi connectivity index (χ2n) is 3.80. The van der Waals surface area contributed by atoms with Gasteiger partial charge < -0.3 is 15.5 Å². The van der Waals surface area contributed by atoms with Gasteiger partial charge in [0.05, 0.1) is 0 Å². The summed E-state index contributed by atoms with van der Waals surface area (Å²) in [6.07, 6.45) is -0.482. The maximum atomic E-state index is 11.8. The molecular weight excluding hydrogens is 318 g/mol. The Bertz CT molecular complexity index is 485. The number of nitrogens with one attached hydrogen (secondary N) is 1. The van der Waals surface area contributed by atoms with E-state index in [9.17, 15) is 14.4 Å². The van der Waals surface area contributed by atoms with E-state index < -0.39 is 23.9 Å². The van der Waals surface area contributed by atoms with Crippen LogP contribution in [0, 0.1) is 0 Å². The van der Waals surface area contributed by atoms with Gasteiger partial charge in [0, 0.05) is 16.5 Å². The molecule has 1 aromatic rings. The quantitative estimate of drug-likeness (QED) is 0.733. The van der Waals surface area contributed by atoms with Crippen molar-refractivity contribution in [3.8, 4) is 0 Å². The van der Waals surface area contributed by atoms with E-state index in [0.717, 1.165) is 4.47 Å². The van der Waals surface area contributed by atoms with Crippen molar-refractivity contribution in [2.75, 3.05) is 0 Å². The second-order valence-corrected chi connectivity index (χ2v) is 4.72. The Morgan fingerprint density at radius 1 is 1.16 bits per heavy atom. The van der Waals surface area contributed by atoms with E-state index in [1.54, 1.807) is 12.1 Å². The molecule has 0 aromatic heterocycles. The van der Waals surface area contributed by atoms with Crippen LogP contribution in [0.5, 0.6) is 0 Å². The SMILES string of the molecule is O=C(O)CC[C@H](NC(=O)c1ccc(Br)cc1)C(=O)O. The number of carbonyl (C=O) groups excluding carboxylic acids is 1. The highest BCUT2D eigenvalue weighted by Crippen LogP contribution is 2.11. The number of carboxylic acids is 2. The van der Waals surface area contributed by atoms with Crippen LogP contribution in [0.1, 0.15) is 23.2 Å². The van der Waals surface area contributed by atoms with Crippen LogP contribution in [0.25, 0.3) is 0 Å². The van der Waals surface area contributed by atoms with Gasteiger partial charge in [0.25, 0.3) is 5.91 Å². The normalized spacial score (nSPS) is 11.6. The fourth-order valence-corrected chi connectivity index (χ4v) is 1.63. The average molecular weight is 330 g/mol. The largest absolute Gasteiger partial charge is 0.481 e. The van der Waals surface area contributed by atoms with Crippen molar-refractivity contribution in [2.24, 2.45) is 0 Å². The number of amides is 1. The lowest BCUT2D eigenvalue weighted by Gasteiger charge is -2.13. The molecule has 0 unspecified atom stereocenters. The summed E-state index contributed by atoms with van der Waals surface area (Å²) in [6.45, 7) is 0. The van der Waals surface area contributed by atoms with Gasteiger partial charge in [-0.1, -0.05) is 15.9 Å². The van der Waals surface area contributed by atoms with Crippen LogP contribution in [0.15, 0.2) is 28.7 Å². The molecule has 7 heteroatoms. The Morgan fingerprint density at radius 2 is 1.74 bits per heavy atom. The van der Waals surface area contributed by atoms with E-state index in [-0.39, 0.29) is 12.8 Å². The first-order valence-electron chi connectivity index (χ1n) is 5.41. The van der Waals surface area contributed by atoms with Gasteiger partial charge in [-0.3, -0.25) is 9.59 Å². The number of carboxylic acid groups (broad SMARTS) is 2. The van der Waals surface area contributed by atoms with Crippen molar-refractivity contribution in [1.29, 1.82) is 0 Å². The molecule has 0 spiro atoms. The van der Waals surface area contributed by atoms with Gasteiger partial charge in [0.2, 0.25) is 0 Å². The van der Waals surface area contributed by atoms with Crippen LogP contribution >= 0.6 is 15.9 Å². The van der Waals surface area contributed by atoms with E-state index in [1.165, 1.54) is 12.1 Å². The molecule has 0 saturated carbocycles. The van der Waals surface area contributed by atoms with Gasteiger partial charge in [0.15, 0.2) is 0 Å². The van der Waals surface area contributed by atoms with Gasteiger partial charge in [0.1, 0.15) is 6.04 Å². The van der Waals surface area contributed by atoms with Crippen LogP contribution in [0.3, 0.4) is 0 Å². The van der Waals surface area contributed by atoms with Gasteiger partial charge in [-0.15, -0.1) is 0 Å². The molecule has 0 bridgehead atoms. The summed E-state index contributed by atoms with van der Waals surface area (Å²) in [4.78, 5) is 33.1. The van der Waals surface area contributed by atoms with E-state index >= 15 is 0 Å². The van der Waals surface area contributed by atoms with Crippen molar-refractivity contribution in [2.45, 2.75) is 18.9 Å². The van der Waals surface area contributed by atoms with Gasteiger partial charge in [-0.2, -0.15) is 0 Å². The van der Waals surface area contributed by atoms with Gasteiger partial charge in [-0.05, 0) is 30.7 Å². The molecule has 1 amide bonds. The molecule has 1 aromatic carbocycles. The number of halogens is 1. The summed E-state index contributed by atoms with van der Waals surface area (Å²) in [5.74, 6) is -2.92. The Hall–Kier alpha value is -1.89. The number of hydrogen-bond donors (Lipinski definition) is 3. The molecule has 3 N–H and O–H groups in total. The van der Waals surface area contributed by atoms with Gasteiger partial charge >= 0.3 is 11.9 Å². The lowest BCUT2D eigenvalue weighted by molar-refractivity contribution is -0.140. The Morgan fingerprint density at radius 3 is 2.21 bits per heavy atom. The number of benzene rings is 1. The molecule has 0 fully saturated rings. The molecule has 102 valence electrons. The third-order valence-electron chi connectivity index (χ3n) is 2.36. The predicted molar refractivity (Wildman–Crippen MR) is 69.9 cm³/mol. The highest BCUT2D eigenvalue weighted by Gasteiger charge is 2.21. The number of carbonyl (C=O) groups is 3. The van der Waals surface area contributed by atoms with Crippen molar-refractivity contribution in [1.82, 2.24) is 5.32 Å². The van der Waals surface area contributed by atoms with Gasteiger partial charge in [-0.25, -0.2) is 4.79 Å². The Kier molecular flexibility index (Phi) is 5.50. The van der Waals surface area contributed by atoms with Crippen molar-refractivity contribution in [3.05, 3.63) is 34.3 Å². The highest BCUT2D eigenvalue weighted by atomic mass is 79.9. The zero-order chi connectivity index (χ0) is 14.4. The topological polar surface area (TPSA) is 104 Å². The molecule has 0 aliphatic carbocycles. The number of aliphatic carboxylic acids is 2. The zero-order valence-corrected chi connectivity index (χ0v) is 11.4. The van der Waals surface area contributed by atoms with E-state index in [4.69, 9.17) is 10.2 Å². The number of hydrogen-bond acceptors (Lipinski definition) is 3. The van der Waals surface area contributed by atoms with Crippen LogP contribution in [0.4, 0.5) is 0 Å². The molecule has 0 heterocycles. The first-order chi connectivity index (χ1) is 8.90. The second kappa shape index (κ2) is 6.89. The fraction of sp³-hybridized carbons (Fsp3) is 0.250. The summed E-state index contributed by atoms with van der Waals surface area (Å²) in [5.41, 5.74) is 0.310. The van der Waals surface area contributed by atoms with Crippen LogP contribution < -0.4 is 5.32 Å². The van der Waals surface area contributed by atoms with Crippen molar-refractivity contribution < 1.29 is 24.6 Å². The molecule has 1 rings (SSSR count). The van der Waals surface area contributed by atoms with Crippen LogP contribution in [-0.2, 0) is 9.59 Å². The summed E-state index contributed by atoms with van der Waals surface area (Å²) in [5, 5.41) is 19.7. The first kappa shape index (κ1) is 15.2. The highest BCUT2D eigenvalue weighted by molar-refractivity contribution is 9.10. The zero-order valence-electron chi connectivity index (χ0n) is 9.80. The monoisotopic (exact) mass is 329 g/mol. The van der Waals surface area contributed by atoms with Crippen molar-refractivity contribution >= 4 is 33.8 Å². The molecule has 0 aliphatic heterocycles. The number of rotatable bonds is 6. The summed E-state index contributed by atoms with van der Waals surface area (Å²) in [6, 6.07) is 5.17. The Labute approximate surface area is 117 Å². The lowest BCUT2D eigenvalue weighted by Crippen LogP contribution is -2.41. The third kappa shape index (κ3) is 5.09. The fourth-order valence-electron chi connectivity index (χ4n) is 1.37. The molecule has 0 radical (unpaired) electrons. The summed E-state index contributed by atoms with van der Waals surface area (Å²) >= 11 is 3.22. The van der Waals surface area contributed by atoms with Crippen LogP contribution in [-0.4, -0.2) is 34.1 Å². The first-order valence-corrected chi connectivity index (χ1v) is 6.20. The minimum atomic E-state index is -1.26. The molecule has 19 heavy (non-hydrogen) atoms. The summed E-state index contributed by atoms with van der Waals surface area (Å²) in [7, 11) is 0. The van der Waals surface area contributed by atoms with E-state index in [1.807, 2.05) is 0 Å². The van der Waals surface area contributed by atoms with Crippen molar-refractivity contribution in [3.63, 3.8) is 0 Å². The minimum absolute atomic E-state index is 0.160. The average Bonchev–Trinajstić information content (AvgIpc) is 2.34. The van der Waals surface area contributed by atoms with E-state index in [2.05, 4.69) is 21.2 Å². The van der Waals surface area contributed by atoms with Crippen LogP contribution in [0.2, 0.25) is 0 Å². The third-order valence-corrected chi connectivity index (χ3v) is 2.89. The smallest absolute Gasteiger partial charge is 0.326 e. The molecule has 0 aliphatic rings. The molecular formula is C12H12BrNO5. The van der Waals surface area contributed by atoms with E-state index in [0.29, 0.717) is 5.56 Å². The standard InChI is InChI=1S/C12H12BrNO5/c13-8-3-1-7(2-4-8)11(17)14-9(12(18)19)5-6-10(15)16/h1-4,9H,5-6H2,(H,14,17)(H,15,16)(H,18,19)/t9-/m0/s1. The predicted octanol–water partition coefficient (Wildman–Crippen LogP) is 1.50. The lowest BCUT2D eigenvalue weighted by atomic mass is 10.1.